The van der Waals surface area contributed by atoms with Gasteiger partial charge in [-0.1, -0.05) is 60.8 Å². The minimum atomic E-state index is -0.0407. The monoisotopic (exact) mass is 402 g/mol. The summed E-state index contributed by atoms with van der Waals surface area (Å²) in [4.78, 5) is 0. The summed E-state index contributed by atoms with van der Waals surface area (Å²) in [6.07, 6.45) is 15.4. The van der Waals surface area contributed by atoms with E-state index in [0.29, 0.717) is 16.7 Å². The van der Waals surface area contributed by atoms with E-state index < -0.39 is 0 Å². The Morgan fingerprint density at radius 1 is 0.793 bits per heavy atom. The first-order valence-corrected chi connectivity index (χ1v) is 13.4. The zero-order chi connectivity index (χ0) is 21.0. The zero-order valence-corrected chi connectivity index (χ0v) is 20.4. The van der Waals surface area contributed by atoms with Crippen LogP contribution in [0.4, 0.5) is 0 Å². The Labute approximate surface area is 181 Å². The number of aliphatic hydroxyl groups is 1. The van der Waals surface area contributed by atoms with Crippen LogP contribution in [0.2, 0.25) is 0 Å². The van der Waals surface area contributed by atoms with Gasteiger partial charge in [0.15, 0.2) is 0 Å². The van der Waals surface area contributed by atoms with Crippen LogP contribution in [0.5, 0.6) is 0 Å². The largest absolute Gasteiger partial charge is 0.393 e. The van der Waals surface area contributed by atoms with Crippen LogP contribution in [0.1, 0.15) is 112 Å². The average Bonchev–Trinajstić information content (AvgIpc) is 3.02. The standard InChI is InChI=1S/C28H50O/c1-18(2)8-7-9-19(3)22-12-13-24-21-10-11-23-20(4)26(29)15-17-28(23,6)25(21)14-16-27(22,24)5/h18-26,29H,7-17H2,1-6H3/t19-,20-,21-,22+,23-,24-,25-,26-,27+,28-/m1/s1. The van der Waals surface area contributed by atoms with Crippen molar-refractivity contribution in [2.24, 2.45) is 58.2 Å². The van der Waals surface area contributed by atoms with Gasteiger partial charge < -0.3 is 5.11 Å². The molecule has 0 radical (unpaired) electrons. The molecule has 1 heteroatoms. The number of rotatable bonds is 5. The molecule has 0 bridgehead atoms. The molecular formula is C28H50O. The molecule has 10 atom stereocenters. The predicted octanol–water partition coefficient (Wildman–Crippen LogP) is 7.71. The minimum Gasteiger partial charge on any atom is -0.393 e. The molecule has 0 aliphatic heterocycles. The molecule has 4 rings (SSSR count). The molecule has 0 aromatic carbocycles. The van der Waals surface area contributed by atoms with E-state index in [9.17, 15) is 5.11 Å². The summed E-state index contributed by atoms with van der Waals surface area (Å²) in [6.45, 7) is 15.0. The fourth-order valence-electron chi connectivity index (χ4n) is 9.73. The number of hydrogen-bond donors (Lipinski definition) is 1. The van der Waals surface area contributed by atoms with Crippen molar-refractivity contribution < 1.29 is 5.11 Å². The van der Waals surface area contributed by atoms with Crippen LogP contribution in [-0.4, -0.2) is 11.2 Å². The second-order valence-corrected chi connectivity index (χ2v) is 13.1. The lowest BCUT2D eigenvalue weighted by molar-refractivity contribution is -0.149. The van der Waals surface area contributed by atoms with E-state index in [1.807, 2.05) is 0 Å². The Hall–Kier alpha value is -0.0400. The van der Waals surface area contributed by atoms with Crippen LogP contribution in [0.15, 0.2) is 0 Å². The van der Waals surface area contributed by atoms with Crippen molar-refractivity contribution in [1.29, 1.82) is 0 Å². The van der Waals surface area contributed by atoms with E-state index in [0.717, 1.165) is 47.8 Å². The van der Waals surface area contributed by atoms with E-state index in [-0.39, 0.29) is 6.10 Å². The third-order valence-corrected chi connectivity index (χ3v) is 11.4. The van der Waals surface area contributed by atoms with Gasteiger partial charge >= 0.3 is 0 Å². The van der Waals surface area contributed by atoms with Crippen molar-refractivity contribution >= 4 is 0 Å². The zero-order valence-electron chi connectivity index (χ0n) is 20.4. The summed E-state index contributed by atoms with van der Waals surface area (Å²) in [5.74, 6) is 6.92. The van der Waals surface area contributed by atoms with Gasteiger partial charge in [0, 0.05) is 0 Å². The highest BCUT2D eigenvalue weighted by atomic mass is 16.3. The number of aliphatic hydroxyl groups excluding tert-OH is 1. The van der Waals surface area contributed by atoms with Crippen molar-refractivity contribution in [3.63, 3.8) is 0 Å². The Morgan fingerprint density at radius 2 is 1.45 bits per heavy atom. The summed E-state index contributed by atoms with van der Waals surface area (Å²) in [5.41, 5.74) is 1.12. The molecule has 0 aromatic heterocycles. The van der Waals surface area contributed by atoms with Gasteiger partial charge in [0.2, 0.25) is 0 Å². The Balaban J connectivity index is 1.48. The fourth-order valence-corrected chi connectivity index (χ4v) is 9.73. The molecule has 29 heavy (non-hydrogen) atoms. The summed E-state index contributed by atoms with van der Waals surface area (Å²) >= 11 is 0. The Kier molecular flexibility index (Phi) is 6.22. The number of fused-ring (bicyclic) bond motifs is 5. The lowest BCUT2D eigenvalue weighted by atomic mass is 9.43. The first kappa shape index (κ1) is 22.2. The van der Waals surface area contributed by atoms with Crippen molar-refractivity contribution in [1.82, 2.24) is 0 Å². The molecule has 4 saturated carbocycles. The highest BCUT2D eigenvalue weighted by Gasteiger charge is 2.61. The van der Waals surface area contributed by atoms with Gasteiger partial charge in [-0.05, 0) is 110 Å². The molecule has 0 amide bonds. The van der Waals surface area contributed by atoms with E-state index in [2.05, 4.69) is 41.5 Å². The van der Waals surface area contributed by atoms with E-state index in [1.165, 1.54) is 64.2 Å². The van der Waals surface area contributed by atoms with Gasteiger partial charge in [0.25, 0.3) is 0 Å². The van der Waals surface area contributed by atoms with Crippen LogP contribution in [-0.2, 0) is 0 Å². The first-order valence-electron chi connectivity index (χ1n) is 13.4. The summed E-state index contributed by atoms with van der Waals surface area (Å²) in [6, 6.07) is 0. The molecule has 4 aliphatic rings. The lowest BCUT2D eigenvalue weighted by Gasteiger charge is -2.62. The second kappa shape index (κ2) is 8.14. The maximum absolute atomic E-state index is 10.5. The molecule has 0 spiro atoms. The van der Waals surface area contributed by atoms with Crippen molar-refractivity contribution in [3.05, 3.63) is 0 Å². The van der Waals surface area contributed by atoms with Crippen LogP contribution in [0, 0.1) is 58.2 Å². The molecule has 168 valence electrons. The highest BCUT2D eigenvalue weighted by molar-refractivity contribution is 5.10. The lowest BCUT2D eigenvalue weighted by Crippen LogP contribution is -2.56. The van der Waals surface area contributed by atoms with Crippen LogP contribution in [0.25, 0.3) is 0 Å². The van der Waals surface area contributed by atoms with Gasteiger partial charge in [0.05, 0.1) is 6.10 Å². The molecule has 4 aliphatic carbocycles. The Morgan fingerprint density at radius 3 is 2.17 bits per heavy atom. The quantitative estimate of drug-likeness (QED) is 0.499. The third kappa shape index (κ3) is 3.64. The number of hydrogen-bond acceptors (Lipinski definition) is 1. The van der Waals surface area contributed by atoms with Gasteiger partial charge in [-0.3, -0.25) is 0 Å². The topological polar surface area (TPSA) is 20.2 Å². The van der Waals surface area contributed by atoms with Crippen molar-refractivity contribution in [3.8, 4) is 0 Å². The molecule has 1 N–H and O–H groups in total. The maximum Gasteiger partial charge on any atom is 0.0568 e. The van der Waals surface area contributed by atoms with Gasteiger partial charge in [-0.15, -0.1) is 0 Å². The van der Waals surface area contributed by atoms with E-state index >= 15 is 0 Å². The summed E-state index contributed by atoms with van der Waals surface area (Å²) in [5, 5.41) is 10.5. The maximum atomic E-state index is 10.5. The molecule has 0 aromatic rings. The van der Waals surface area contributed by atoms with Crippen molar-refractivity contribution in [2.45, 2.75) is 118 Å². The van der Waals surface area contributed by atoms with Crippen molar-refractivity contribution in [2.75, 3.05) is 0 Å². The van der Waals surface area contributed by atoms with Gasteiger partial charge in [-0.25, -0.2) is 0 Å². The Bertz CT molecular complexity index is 569. The predicted molar refractivity (Wildman–Crippen MR) is 124 cm³/mol. The second-order valence-electron chi connectivity index (χ2n) is 13.1. The molecule has 1 nitrogen and oxygen atoms in total. The normalized spacial score (nSPS) is 50.7. The summed E-state index contributed by atoms with van der Waals surface area (Å²) in [7, 11) is 0. The van der Waals surface area contributed by atoms with Crippen LogP contribution < -0.4 is 0 Å². The van der Waals surface area contributed by atoms with Crippen LogP contribution >= 0.6 is 0 Å². The highest BCUT2D eigenvalue weighted by Crippen LogP contribution is 2.68. The van der Waals surface area contributed by atoms with E-state index in [1.54, 1.807) is 0 Å². The smallest absolute Gasteiger partial charge is 0.0568 e. The van der Waals surface area contributed by atoms with Crippen LogP contribution in [0.3, 0.4) is 0 Å². The fraction of sp³-hybridized carbons (Fsp3) is 1.00. The molecule has 0 unspecified atom stereocenters. The van der Waals surface area contributed by atoms with Gasteiger partial charge in [0.1, 0.15) is 0 Å². The van der Waals surface area contributed by atoms with E-state index in [4.69, 9.17) is 0 Å². The molecule has 0 saturated heterocycles. The third-order valence-electron chi connectivity index (χ3n) is 11.4. The summed E-state index contributed by atoms with van der Waals surface area (Å²) < 4.78 is 0. The molecular weight excluding hydrogens is 352 g/mol. The molecule has 0 heterocycles. The first-order chi connectivity index (χ1) is 13.7. The minimum absolute atomic E-state index is 0.0407. The average molecular weight is 403 g/mol. The SMILES string of the molecule is CC(C)CCC[C@@H](C)[C@@H]1CC[C@@H]2[C@H]3CC[C@@H]4[C@@H](C)[C@H](O)CC[C@@]4(C)[C@@H]3CC[C@]21C. The van der Waals surface area contributed by atoms with Gasteiger partial charge in [-0.2, -0.15) is 0 Å². The molecule has 4 fully saturated rings.